The Morgan fingerprint density at radius 1 is 1.45 bits per heavy atom. The van der Waals surface area contributed by atoms with Crippen molar-refractivity contribution >= 4 is 17.4 Å². The van der Waals surface area contributed by atoms with Crippen molar-refractivity contribution in [2.75, 3.05) is 5.32 Å². The lowest BCUT2D eigenvalue weighted by molar-refractivity contribution is 0.102. The molecule has 0 saturated carbocycles. The maximum Gasteiger partial charge on any atom is 0.260 e. The van der Waals surface area contributed by atoms with Crippen molar-refractivity contribution in [3.05, 3.63) is 41.5 Å². The van der Waals surface area contributed by atoms with Gasteiger partial charge in [-0.3, -0.25) is 13.9 Å². The van der Waals surface area contributed by atoms with E-state index in [1.807, 2.05) is 17.5 Å². The molecule has 0 radical (unpaired) electrons. The number of nitrogens with one attached hydrogen (secondary N) is 1. The number of fused-ring (bicyclic) bond motifs is 3. The van der Waals surface area contributed by atoms with Gasteiger partial charge in [0.05, 0.1) is 5.56 Å². The smallest absolute Gasteiger partial charge is 0.260 e. The van der Waals surface area contributed by atoms with Crippen molar-refractivity contribution in [1.82, 2.24) is 24.4 Å². The number of carbonyl (C=O) groups is 1. The number of nitrogens with zero attached hydrogens (tertiary/aromatic N) is 5. The number of aromatic nitrogens is 5. The molecule has 7 nitrogen and oxygen atoms in total. The number of hydrogen-bond donors (Lipinski definition) is 1. The quantitative estimate of drug-likeness (QED) is 0.781. The molecule has 1 aliphatic rings. The molecule has 1 atom stereocenters. The van der Waals surface area contributed by atoms with E-state index in [-0.39, 0.29) is 5.91 Å². The van der Waals surface area contributed by atoms with E-state index in [4.69, 9.17) is 0 Å². The SMILES string of the molecule is CC1CCc2c1cc(C(=O)Nc1ccn(C)n1)c1nncn21. The van der Waals surface area contributed by atoms with E-state index in [0.717, 1.165) is 12.8 Å². The maximum atomic E-state index is 12.6. The summed E-state index contributed by atoms with van der Waals surface area (Å²) in [5.74, 6) is 0.764. The fraction of sp³-hybridized carbons (Fsp3) is 0.333. The van der Waals surface area contributed by atoms with Gasteiger partial charge in [-0.25, -0.2) is 0 Å². The Morgan fingerprint density at radius 3 is 3.09 bits per heavy atom. The molecule has 0 spiro atoms. The van der Waals surface area contributed by atoms with Gasteiger partial charge in [-0.2, -0.15) is 5.10 Å². The van der Waals surface area contributed by atoms with Crippen LogP contribution in [-0.2, 0) is 13.5 Å². The fourth-order valence-corrected chi connectivity index (χ4v) is 3.09. The average molecular weight is 296 g/mol. The van der Waals surface area contributed by atoms with Crippen LogP contribution < -0.4 is 5.32 Å². The molecule has 0 bridgehead atoms. The Morgan fingerprint density at radius 2 is 2.32 bits per heavy atom. The summed E-state index contributed by atoms with van der Waals surface area (Å²) in [5.41, 5.74) is 3.55. The van der Waals surface area contributed by atoms with E-state index < -0.39 is 0 Å². The Balaban J connectivity index is 1.79. The third-order valence-corrected chi connectivity index (χ3v) is 4.26. The number of aryl methyl sites for hydroxylation is 2. The van der Waals surface area contributed by atoms with E-state index in [2.05, 4.69) is 27.5 Å². The molecule has 1 amide bonds. The van der Waals surface area contributed by atoms with Crippen LogP contribution in [0.4, 0.5) is 5.82 Å². The zero-order valence-corrected chi connectivity index (χ0v) is 12.4. The van der Waals surface area contributed by atoms with Crippen molar-refractivity contribution < 1.29 is 4.79 Å². The molecule has 3 aromatic rings. The van der Waals surface area contributed by atoms with Crippen LogP contribution in [-0.4, -0.2) is 30.3 Å². The standard InChI is InChI=1S/C15H16N6O/c1-9-3-4-12-10(9)7-11(14-18-16-8-21(12)14)15(22)17-13-5-6-20(2)19-13/h5-9H,3-4H2,1-2H3,(H,17,19,22). The van der Waals surface area contributed by atoms with Crippen molar-refractivity contribution in [3.8, 4) is 0 Å². The normalized spacial score (nSPS) is 16.9. The molecule has 22 heavy (non-hydrogen) atoms. The van der Waals surface area contributed by atoms with Crippen LogP contribution in [0.5, 0.6) is 0 Å². The summed E-state index contributed by atoms with van der Waals surface area (Å²) < 4.78 is 3.58. The first-order valence-electron chi connectivity index (χ1n) is 7.30. The topological polar surface area (TPSA) is 77.1 Å². The largest absolute Gasteiger partial charge is 0.305 e. The summed E-state index contributed by atoms with van der Waals surface area (Å²) >= 11 is 0. The van der Waals surface area contributed by atoms with Gasteiger partial charge >= 0.3 is 0 Å². The van der Waals surface area contributed by atoms with Crippen LogP contribution in [0.15, 0.2) is 24.7 Å². The summed E-state index contributed by atoms with van der Waals surface area (Å²) in [4.78, 5) is 12.6. The van der Waals surface area contributed by atoms with E-state index in [9.17, 15) is 4.79 Å². The molecule has 1 aliphatic carbocycles. The highest BCUT2D eigenvalue weighted by Crippen LogP contribution is 2.34. The summed E-state index contributed by atoms with van der Waals surface area (Å²) in [6.07, 6.45) is 5.55. The molecular formula is C15H16N6O. The zero-order valence-electron chi connectivity index (χ0n) is 12.4. The number of carbonyl (C=O) groups excluding carboxylic acids is 1. The molecule has 0 saturated heterocycles. The highest BCUT2D eigenvalue weighted by Gasteiger charge is 2.25. The Labute approximate surface area is 127 Å². The van der Waals surface area contributed by atoms with Crippen LogP contribution >= 0.6 is 0 Å². The second-order valence-corrected chi connectivity index (χ2v) is 5.75. The first-order chi connectivity index (χ1) is 10.6. The number of rotatable bonds is 2. The molecule has 0 fully saturated rings. The van der Waals surface area contributed by atoms with Crippen molar-refractivity contribution in [2.24, 2.45) is 7.05 Å². The minimum atomic E-state index is -0.210. The molecule has 4 rings (SSSR count). The minimum Gasteiger partial charge on any atom is -0.305 e. The third kappa shape index (κ3) is 1.89. The summed E-state index contributed by atoms with van der Waals surface area (Å²) in [6, 6.07) is 3.71. The van der Waals surface area contributed by atoms with Gasteiger partial charge in [-0.15, -0.1) is 10.2 Å². The Kier molecular flexibility index (Phi) is 2.75. The molecule has 0 aromatic carbocycles. The van der Waals surface area contributed by atoms with E-state index in [1.165, 1.54) is 11.3 Å². The van der Waals surface area contributed by atoms with Crippen LogP contribution in [0.3, 0.4) is 0 Å². The summed E-state index contributed by atoms with van der Waals surface area (Å²) in [6.45, 7) is 2.18. The summed E-state index contributed by atoms with van der Waals surface area (Å²) in [7, 11) is 1.81. The van der Waals surface area contributed by atoms with Crippen LogP contribution in [0, 0.1) is 0 Å². The number of pyridine rings is 1. The molecule has 1 N–H and O–H groups in total. The van der Waals surface area contributed by atoms with Crippen molar-refractivity contribution in [2.45, 2.75) is 25.7 Å². The zero-order chi connectivity index (χ0) is 15.3. The second kappa shape index (κ2) is 4.66. The van der Waals surface area contributed by atoms with Crippen molar-refractivity contribution in [3.63, 3.8) is 0 Å². The molecule has 1 unspecified atom stereocenters. The van der Waals surface area contributed by atoms with Gasteiger partial charge in [0.2, 0.25) is 0 Å². The van der Waals surface area contributed by atoms with Gasteiger partial charge in [0.15, 0.2) is 11.5 Å². The number of hydrogen-bond acceptors (Lipinski definition) is 4. The van der Waals surface area contributed by atoms with Crippen LogP contribution in [0.2, 0.25) is 0 Å². The highest BCUT2D eigenvalue weighted by molar-refractivity contribution is 6.08. The van der Waals surface area contributed by atoms with Gasteiger partial charge < -0.3 is 5.32 Å². The fourth-order valence-electron chi connectivity index (χ4n) is 3.09. The predicted octanol–water partition coefficient (Wildman–Crippen LogP) is 1.76. The molecular weight excluding hydrogens is 280 g/mol. The number of anilines is 1. The van der Waals surface area contributed by atoms with Crippen molar-refractivity contribution in [1.29, 1.82) is 0 Å². The second-order valence-electron chi connectivity index (χ2n) is 5.75. The first-order valence-corrected chi connectivity index (χ1v) is 7.30. The van der Waals surface area contributed by atoms with E-state index >= 15 is 0 Å². The molecule has 7 heteroatoms. The van der Waals surface area contributed by atoms with Gasteiger partial charge in [-0.1, -0.05) is 6.92 Å². The lowest BCUT2D eigenvalue weighted by Gasteiger charge is -2.10. The minimum absolute atomic E-state index is 0.210. The first kappa shape index (κ1) is 13.0. The average Bonchev–Trinajstić information content (AvgIpc) is 3.19. The number of amides is 1. The monoisotopic (exact) mass is 296 g/mol. The van der Waals surface area contributed by atoms with Gasteiger partial charge in [0.25, 0.3) is 5.91 Å². The third-order valence-electron chi connectivity index (χ3n) is 4.26. The van der Waals surface area contributed by atoms with E-state index in [0.29, 0.717) is 22.9 Å². The lowest BCUT2D eigenvalue weighted by Crippen LogP contribution is -2.15. The van der Waals surface area contributed by atoms with E-state index in [1.54, 1.807) is 23.3 Å². The molecule has 0 aliphatic heterocycles. The Hall–Kier alpha value is -2.70. The molecule has 3 aromatic heterocycles. The van der Waals surface area contributed by atoms with Gasteiger partial charge in [-0.05, 0) is 30.4 Å². The maximum absolute atomic E-state index is 12.6. The van der Waals surface area contributed by atoms with Crippen LogP contribution in [0.1, 0.15) is 40.9 Å². The summed E-state index contributed by atoms with van der Waals surface area (Å²) in [5, 5.41) is 15.1. The van der Waals surface area contributed by atoms with Gasteiger partial charge in [0.1, 0.15) is 6.33 Å². The van der Waals surface area contributed by atoms with Gasteiger partial charge in [0, 0.05) is 25.0 Å². The molecule has 3 heterocycles. The lowest BCUT2D eigenvalue weighted by atomic mass is 10.0. The highest BCUT2D eigenvalue weighted by atomic mass is 16.1. The predicted molar refractivity (Wildman–Crippen MR) is 80.9 cm³/mol. The molecule has 112 valence electrons. The Bertz CT molecular complexity index is 877. The van der Waals surface area contributed by atoms with Crippen LogP contribution in [0.25, 0.3) is 5.65 Å².